The van der Waals surface area contributed by atoms with Gasteiger partial charge in [-0.25, -0.2) is 4.98 Å². The molecule has 2 rings (SSSR count). The van der Waals surface area contributed by atoms with Crippen LogP contribution in [0.25, 0.3) is 0 Å². The van der Waals surface area contributed by atoms with Gasteiger partial charge in [0.25, 0.3) is 5.91 Å². The van der Waals surface area contributed by atoms with Crippen LogP contribution >= 0.6 is 0 Å². The third-order valence-corrected chi connectivity index (χ3v) is 3.81. The summed E-state index contributed by atoms with van der Waals surface area (Å²) >= 11 is 0. The molecule has 1 fully saturated rings. The smallest absolute Gasteiger partial charge is 0.254 e. The number of carbonyl (C=O) groups excluding carboxylic acids is 1. The quantitative estimate of drug-likeness (QED) is 0.671. The number of rotatable bonds is 4. The van der Waals surface area contributed by atoms with Crippen LogP contribution in [0.1, 0.15) is 58.7 Å². The monoisotopic (exact) mass is 322 g/mol. The lowest BCUT2D eigenvalue weighted by Crippen LogP contribution is -2.36. The summed E-state index contributed by atoms with van der Waals surface area (Å²) in [5.74, 6) is 0.130. The van der Waals surface area contributed by atoms with Gasteiger partial charge in [0.05, 0.1) is 11.7 Å². The minimum Gasteiger partial charge on any atom is -0.393 e. The van der Waals surface area contributed by atoms with Gasteiger partial charge in [-0.15, -0.1) is 0 Å². The highest BCUT2D eigenvalue weighted by Crippen LogP contribution is 2.27. The maximum Gasteiger partial charge on any atom is 0.254 e. The molecule has 0 saturated heterocycles. The van der Waals surface area contributed by atoms with Crippen LogP contribution in [0.5, 0.6) is 0 Å². The zero-order chi connectivity index (χ0) is 18.1. The van der Waals surface area contributed by atoms with E-state index in [1.807, 2.05) is 27.7 Å². The number of anilines is 2. The molecule has 0 bridgehead atoms. The molecule has 0 spiro atoms. The third-order valence-electron chi connectivity index (χ3n) is 3.81. The van der Waals surface area contributed by atoms with Crippen molar-refractivity contribution < 1.29 is 11.3 Å². The normalized spacial score (nSPS) is 28.8. The summed E-state index contributed by atoms with van der Waals surface area (Å²) in [6.07, 6.45) is 1.51. The maximum atomic E-state index is 11.6. The van der Waals surface area contributed by atoms with Crippen molar-refractivity contribution in [2.45, 2.75) is 64.6 Å². The molecule has 7 heteroatoms. The fourth-order valence-corrected chi connectivity index (χ4v) is 2.50. The van der Waals surface area contributed by atoms with Gasteiger partial charge in [0.2, 0.25) is 5.95 Å². The fourth-order valence-electron chi connectivity index (χ4n) is 2.50. The number of nitrogens with one attached hydrogen (secondary N) is 2. The van der Waals surface area contributed by atoms with Gasteiger partial charge < -0.3 is 21.5 Å². The number of nitrogens with zero attached hydrogens (tertiary/aromatic N) is 2. The summed E-state index contributed by atoms with van der Waals surface area (Å²) in [6, 6.07) is -0.299. The first-order chi connectivity index (χ1) is 11.1. The Bertz CT molecular complexity index is 605. The molecule has 4 unspecified atom stereocenters. The SMILES string of the molecule is [2H]C1C(Nc2nc(NC(C)(C)C)ncc2C(N)=O)CCC(C)C1O. The highest BCUT2D eigenvalue weighted by Gasteiger charge is 2.27. The minimum atomic E-state index is -0.706. The van der Waals surface area contributed by atoms with E-state index in [4.69, 9.17) is 7.10 Å². The molecular formula is C16H27N5O2. The summed E-state index contributed by atoms with van der Waals surface area (Å²) in [4.78, 5) is 20.1. The van der Waals surface area contributed by atoms with Crippen molar-refractivity contribution in [3.05, 3.63) is 11.8 Å². The Kier molecular flexibility index (Phi) is 4.66. The van der Waals surface area contributed by atoms with E-state index in [2.05, 4.69) is 20.6 Å². The number of primary amides is 1. The first-order valence-corrected chi connectivity index (χ1v) is 7.90. The second kappa shape index (κ2) is 6.70. The highest BCUT2D eigenvalue weighted by atomic mass is 16.3. The molecule has 0 aliphatic heterocycles. The number of nitrogens with two attached hydrogens (primary N) is 1. The van der Waals surface area contributed by atoms with Gasteiger partial charge in [0.15, 0.2) is 0 Å². The Morgan fingerprint density at radius 1 is 1.48 bits per heavy atom. The maximum absolute atomic E-state index is 11.6. The molecule has 1 aliphatic rings. The molecule has 1 amide bonds. The predicted molar refractivity (Wildman–Crippen MR) is 90.4 cm³/mol. The van der Waals surface area contributed by atoms with Gasteiger partial charge in [0.1, 0.15) is 5.82 Å². The molecule has 1 heterocycles. The third kappa shape index (κ3) is 4.79. The van der Waals surface area contributed by atoms with Gasteiger partial charge in [0, 0.05) is 19.1 Å². The van der Waals surface area contributed by atoms with Crippen LogP contribution in [0.3, 0.4) is 0 Å². The Labute approximate surface area is 138 Å². The lowest BCUT2D eigenvalue weighted by molar-refractivity contribution is 0.0739. The minimum absolute atomic E-state index is 0.0877. The molecule has 0 aromatic carbocycles. The zero-order valence-electron chi connectivity index (χ0n) is 15.1. The largest absolute Gasteiger partial charge is 0.393 e. The second-order valence-corrected chi connectivity index (χ2v) is 7.18. The van der Waals surface area contributed by atoms with Gasteiger partial charge in [-0.05, 0) is 45.9 Å². The van der Waals surface area contributed by atoms with Crippen molar-refractivity contribution in [1.29, 1.82) is 0 Å². The second-order valence-electron chi connectivity index (χ2n) is 7.18. The van der Waals surface area contributed by atoms with Gasteiger partial charge in [-0.1, -0.05) is 6.92 Å². The van der Waals surface area contributed by atoms with E-state index in [1.165, 1.54) is 6.20 Å². The predicted octanol–water partition coefficient (Wildman–Crippen LogP) is 1.75. The topological polar surface area (TPSA) is 113 Å². The number of amides is 1. The first-order valence-electron chi connectivity index (χ1n) is 8.48. The van der Waals surface area contributed by atoms with Crippen LogP contribution in [0.15, 0.2) is 6.20 Å². The van der Waals surface area contributed by atoms with Crippen LogP contribution in [-0.4, -0.2) is 38.7 Å². The van der Waals surface area contributed by atoms with E-state index in [-0.39, 0.29) is 23.1 Å². The Hall–Kier alpha value is -1.89. The number of hydrogen-bond acceptors (Lipinski definition) is 6. The molecule has 5 N–H and O–H groups in total. The van der Waals surface area contributed by atoms with Crippen LogP contribution in [0, 0.1) is 5.92 Å². The van der Waals surface area contributed by atoms with Gasteiger partial charge in [-0.3, -0.25) is 4.79 Å². The number of aliphatic hydroxyl groups is 1. The average molecular weight is 322 g/mol. The Morgan fingerprint density at radius 3 is 2.78 bits per heavy atom. The van der Waals surface area contributed by atoms with Gasteiger partial charge >= 0.3 is 0 Å². The van der Waals surface area contributed by atoms with Crippen LogP contribution in [0.4, 0.5) is 11.8 Å². The number of aromatic nitrogens is 2. The number of aliphatic hydroxyl groups excluding tert-OH is 1. The van der Waals surface area contributed by atoms with E-state index in [1.54, 1.807) is 0 Å². The highest BCUT2D eigenvalue weighted by molar-refractivity contribution is 5.97. The van der Waals surface area contributed by atoms with Crippen molar-refractivity contribution in [2.75, 3.05) is 10.6 Å². The molecule has 4 atom stereocenters. The van der Waals surface area contributed by atoms with Crippen LogP contribution < -0.4 is 16.4 Å². The van der Waals surface area contributed by atoms with Crippen molar-refractivity contribution in [3.63, 3.8) is 0 Å². The molecule has 7 nitrogen and oxygen atoms in total. The Balaban J connectivity index is 2.26. The van der Waals surface area contributed by atoms with E-state index < -0.39 is 18.4 Å². The zero-order valence-corrected chi connectivity index (χ0v) is 14.1. The number of hydrogen-bond donors (Lipinski definition) is 4. The van der Waals surface area contributed by atoms with Crippen molar-refractivity contribution in [2.24, 2.45) is 11.7 Å². The van der Waals surface area contributed by atoms with Crippen molar-refractivity contribution in [1.82, 2.24) is 9.97 Å². The lowest BCUT2D eigenvalue weighted by Gasteiger charge is -2.32. The van der Waals surface area contributed by atoms with E-state index in [0.717, 1.165) is 12.8 Å². The summed E-state index contributed by atoms with van der Waals surface area (Å²) in [7, 11) is 0. The molecule has 128 valence electrons. The Morgan fingerprint density at radius 2 is 2.17 bits per heavy atom. The van der Waals surface area contributed by atoms with E-state index in [0.29, 0.717) is 11.8 Å². The molecule has 1 aromatic heterocycles. The van der Waals surface area contributed by atoms with E-state index >= 15 is 0 Å². The molecular weight excluding hydrogens is 294 g/mol. The molecule has 1 saturated carbocycles. The molecule has 1 aromatic rings. The number of carbonyl (C=O) groups is 1. The van der Waals surface area contributed by atoms with Crippen LogP contribution in [0.2, 0.25) is 0 Å². The lowest BCUT2D eigenvalue weighted by atomic mass is 9.85. The summed E-state index contributed by atoms with van der Waals surface area (Å²) in [6.45, 7) is 7.87. The summed E-state index contributed by atoms with van der Waals surface area (Å²) in [5.41, 5.74) is 5.34. The van der Waals surface area contributed by atoms with Crippen molar-refractivity contribution in [3.8, 4) is 0 Å². The van der Waals surface area contributed by atoms with E-state index in [9.17, 15) is 9.90 Å². The first kappa shape index (κ1) is 16.0. The molecule has 23 heavy (non-hydrogen) atoms. The van der Waals surface area contributed by atoms with Gasteiger partial charge in [-0.2, -0.15) is 4.98 Å². The molecule has 1 aliphatic carbocycles. The standard InChI is InChI=1S/C16H27N5O2/c1-9-5-6-10(7-12(9)22)19-14-11(13(17)23)8-18-15(20-14)21-16(2,3)4/h8-10,12,22H,5-7H2,1-4H3,(H2,17,23)(H2,18,19,20,21)/i7D. The summed E-state index contributed by atoms with van der Waals surface area (Å²) in [5, 5.41) is 16.4. The summed E-state index contributed by atoms with van der Waals surface area (Å²) < 4.78 is 8.20. The van der Waals surface area contributed by atoms with Crippen LogP contribution in [-0.2, 0) is 0 Å². The fraction of sp³-hybridized carbons (Fsp3) is 0.688. The molecule has 0 radical (unpaired) electrons. The van der Waals surface area contributed by atoms with Crippen molar-refractivity contribution >= 4 is 17.7 Å². The average Bonchev–Trinajstić information content (AvgIpc) is 2.46.